The van der Waals surface area contributed by atoms with Crippen molar-refractivity contribution in [3.05, 3.63) is 46.7 Å². The van der Waals surface area contributed by atoms with E-state index in [4.69, 9.17) is 4.74 Å². The zero-order valence-corrected chi connectivity index (χ0v) is 15.2. The predicted molar refractivity (Wildman–Crippen MR) is 93.0 cm³/mol. The molecule has 3 aromatic rings. The van der Waals surface area contributed by atoms with E-state index >= 15 is 0 Å². The van der Waals surface area contributed by atoms with Crippen LogP contribution >= 0.6 is 11.3 Å². The quantitative estimate of drug-likeness (QED) is 0.512. The third-order valence-electron chi connectivity index (χ3n) is 3.64. The van der Waals surface area contributed by atoms with Gasteiger partial charge in [-0.25, -0.2) is 13.9 Å². The average Bonchev–Trinajstić information content (AvgIpc) is 3.19. The van der Waals surface area contributed by atoms with Crippen molar-refractivity contribution in [2.45, 2.75) is 13.1 Å². The van der Waals surface area contributed by atoms with Crippen LogP contribution in [0.1, 0.15) is 15.4 Å². The summed E-state index contributed by atoms with van der Waals surface area (Å²) >= 11 is 1.04. The highest BCUT2D eigenvalue weighted by molar-refractivity contribution is 7.20. The van der Waals surface area contributed by atoms with Crippen LogP contribution in [0, 0.1) is 12.7 Å². The third kappa shape index (κ3) is 4.47. The number of benzene rings is 1. The molecule has 0 saturated carbocycles. The monoisotopic (exact) mass is 415 g/mol. The molecule has 6 nitrogen and oxygen atoms in total. The molecule has 28 heavy (non-hydrogen) atoms. The van der Waals surface area contributed by atoms with Crippen LogP contribution in [0.25, 0.3) is 15.9 Å². The molecule has 0 aliphatic heterocycles. The highest BCUT2D eigenvalue weighted by Gasteiger charge is 2.28. The van der Waals surface area contributed by atoms with Crippen molar-refractivity contribution in [2.75, 3.05) is 13.2 Å². The summed E-state index contributed by atoms with van der Waals surface area (Å²) in [5, 5.41) is 6.64. The normalized spacial score (nSPS) is 11.6. The van der Waals surface area contributed by atoms with E-state index in [0.29, 0.717) is 21.6 Å². The lowest BCUT2D eigenvalue weighted by Crippen LogP contribution is -2.36. The van der Waals surface area contributed by atoms with Crippen LogP contribution in [-0.4, -0.2) is 41.0 Å². The molecule has 1 amide bonds. The van der Waals surface area contributed by atoms with Gasteiger partial charge in [0.25, 0.3) is 5.91 Å². The molecular weight excluding hydrogens is 402 g/mol. The van der Waals surface area contributed by atoms with Gasteiger partial charge < -0.3 is 10.1 Å². The Morgan fingerprint density at radius 1 is 1.25 bits per heavy atom. The SMILES string of the molecule is Cc1nn(-c2ccc(F)cc2)c2sc(C(=O)OCC(=O)NCC(F)(F)F)cc12. The molecule has 0 saturated heterocycles. The molecule has 1 aromatic carbocycles. The fourth-order valence-corrected chi connectivity index (χ4v) is 3.43. The number of hydrogen-bond donors (Lipinski definition) is 1. The van der Waals surface area contributed by atoms with E-state index in [1.807, 2.05) is 0 Å². The zero-order chi connectivity index (χ0) is 20.5. The molecule has 148 valence electrons. The maximum Gasteiger partial charge on any atom is 0.405 e. The molecule has 3 rings (SSSR count). The van der Waals surface area contributed by atoms with Gasteiger partial charge in [-0.05, 0) is 37.3 Å². The fourth-order valence-electron chi connectivity index (χ4n) is 2.36. The number of nitrogens with one attached hydrogen (secondary N) is 1. The molecular formula is C17H13F4N3O3S. The third-order valence-corrected chi connectivity index (χ3v) is 4.73. The van der Waals surface area contributed by atoms with E-state index in [9.17, 15) is 27.2 Å². The van der Waals surface area contributed by atoms with E-state index in [-0.39, 0.29) is 4.88 Å². The maximum absolute atomic E-state index is 13.1. The van der Waals surface area contributed by atoms with Crippen LogP contribution < -0.4 is 5.32 Å². The van der Waals surface area contributed by atoms with Crippen molar-refractivity contribution in [1.82, 2.24) is 15.1 Å². The van der Waals surface area contributed by atoms with Crippen molar-refractivity contribution in [3.8, 4) is 5.69 Å². The van der Waals surface area contributed by atoms with E-state index in [1.165, 1.54) is 30.3 Å². The molecule has 0 aliphatic rings. The molecule has 0 aliphatic carbocycles. The number of amides is 1. The number of fused-ring (bicyclic) bond motifs is 1. The zero-order valence-electron chi connectivity index (χ0n) is 14.3. The highest BCUT2D eigenvalue weighted by Crippen LogP contribution is 2.30. The van der Waals surface area contributed by atoms with Gasteiger partial charge in [-0.2, -0.15) is 18.3 Å². The van der Waals surface area contributed by atoms with E-state index in [2.05, 4.69) is 5.10 Å². The first kappa shape index (κ1) is 19.8. The lowest BCUT2D eigenvalue weighted by atomic mass is 10.3. The van der Waals surface area contributed by atoms with E-state index < -0.39 is 37.0 Å². The van der Waals surface area contributed by atoms with Crippen molar-refractivity contribution in [1.29, 1.82) is 0 Å². The summed E-state index contributed by atoms with van der Waals surface area (Å²) in [6.45, 7) is -0.597. The van der Waals surface area contributed by atoms with Crippen molar-refractivity contribution in [3.63, 3.8) is 0 Å². The largest absolute Gasteiger partial charge is 0.451 e. The molecule has 0 fully saturated rings. The Labute approximate surface area is 159 Å². The molecule has 2 heterocycles. The molecule has 0 unspecified atom stereocenters. The van der Waals surface area contributed by atoms with Gasteiger partial charge in [-0.3, -0.25) is 4.79 Å². The first-order chi connectivity index (χ1) is 13.1. The first-order valence-electron chi connectivity index (χ1n) is 7.90. The molecule has 2 aromatic heterocycles. The fraction of sp³-hybridized carbons (Fsp3) is 0.235. The van der Waals surface area contributed by atoms with Gasteiger partial charge in [0.15, 0.2) is 6.61 Å². The van der Waals surface area contributed by atoms with E-state index in [0.717, 1.165) is 11.3 Å². The Balaban J connectivity index is 1.73. The molecule has 11 heteroatoms. The Hall–Kier alpha value is -2.95. The Kier molecular flexibility index (Phi) is 5.36. The van der Waals surface area contributed by atoms with Crippen LogP contribution in [0.5, 0.6) is 0 Å². The first-order valence-corrected chi connectivity index (χ1v) is 8.71. The smallest absolute Gasteiger partial charge is 0.405 e. The summed E-state index contributed by atoms with van der Waals surface area (Å²) in [4.78, 5) is 24.2. The second-order valence-corrected chi connectivity index (χ2v) is 6.80. The summed E-state index contributed by atoms with van der Waals surface area (Å²) < 4.78 is 55.6. The lowest BCUT2D eigenvalue weighted by molar-refractivity contribution is -0.140. The minimum atomic E-state index is -4.55. The van der Waals surface area contributed by atoms with Crippen LogP contribution in [0.4, 0.5) is 17.6 Å². The highest BCUT2D eigenvalue weighted by atomic mass is 32.1. The molecule has 0 bridgehead atoms. The molecule has 0 radical (unpaired) electrons. The number of aryl methyl sites for hydroxylation is 1. The number of carbonyl (C=O) groups is 2. The van der Waals surface area contributed by atoms with Gasteiger partial charge in [0, 0.05) is 5.39 Å². The standard InChI is InChI=1S/C17H13F4N3O3S/c1-9-12-6-13(16(26)27-7-14(25)22-8-17(19,20)21)28-15(12)24(23-9)11-4-2-10(18)3-5-11/h2-6H,7-8H2,1H3,(H,22,25). The second kappa shape index (κ2) is 7.58. The van der Waals surface area contributed by atoms with Crippen LogP contribution in [0.3, 0.4) is 0 Å². The van der Waals surface area contributed by atoms with Gasteiger partial charge in [-0.15, -0.1) is 11.3 Å². The summed E-state index contributed by atoms with van der Waals surface area (Å²) in [5.41, 5.74) is 1.21. The number of thiophene rings is 1. The topological polar surface area (TPSA) is 73.2 Å². The predicted octanol–water partition coefficient (Wildman–Crippen LogP) is 3.37. The summed E-state index contributed by atoms with van der Waals surface area (Å²) in [7, 11) is 0. The number of aromatic nitrogens is 2. The van der Waals surface area contributed by atoms with Crippen LogP contribution in [0.15, 0.2) is 30.3 Å². The lowest BCUT2D eigenvalue weighted by Gasteiger charge is -2.08. The number of esters is 1. The number of alkyl halides is 3. The van der Waals surface area contributed by atoms with Gasteiger partial charge in [0.2, 0.25) is 0 Å². The number of ether oxygens (including phenoxy) is 1. The van der Waals surface area contributed by atoms with Gasteiger partial charge in [0.05, 0.1) is 11.4 Å². The van der Waals surface area contributed by atoms with Crippen molar-refractivity contribution >= 4 is 33.4 Å². The average molecular weight is 415 g/mol. The number of hydrogen-bond acceptors (Lipinski definition) is 5. The van der Waals surface area contributed by atoms with Gasteiger partial charge >= 0.3 is 12.1 Å². The number of halogens is 4. The summed E-state index contributed by atoms with van der Waals surface area (Å²) in [6, 6.07) is 7.15. The minimum Gasteiger partial charge on any atom is -0.451 e. The van der Waals surface area contributed by atoms with E-state index in [1.54, 1.807) is 16.9 Å². The number of rotatable bonds is 5. The van der Waals surface area contributed by atoms with Gasteiger partial charge in [0.1, 0.15) is 22.1 Å². The Bertz CT molecular complexity index is 1020. The minimum absolute atomic E-state index is 0.162. The van der Waals surface area contributed by atoms with Crippen molar-refractivity contribution < 1.29 is 31.9 Å². The molecule has 0 atom stereocenters. The van der Waals surface area contributed by atoms with Crippen molar-refractivity contribution in [2.24, 2.45) is 0 Å². The summed E-state index contributed by atoms with van der Waals surface area (Å²) in [6.07, 6.45) is -4.55. The molecule has 1 N–H and O–H groups in total. The summed E-state index contributed by atoms with van der Waals surface area (Å²) in [5.74, 6) is -2.29. The van der Waals surface area contributed by atoms with Gasteiger partial charge in [-0.1, -0.05) is 0 Å². The van der Waals surface area contributed by atoms with Crippen LogP contribution in [-0.2, 0) is 9.53 Å². The maximum atomic E-state index is 13.1. The second-order valence-electron chi connectivity index (χ2n) is 5.77. The number of nitrogens with zero attached hydrogens (tertiary/aromatic N) is 2. The van der Waals surface area contributed by atoms with Crippen LogP contribution in [0.2, 0.25) is 0 Å². The Morgan fingerprint density at radius 3 is 2.57 bits per heavy atom. The molecule has 0 spiro atoms. The Morgan fingerprint density at radius 2 is 1.93 bits per heavy atom. The number of carbonyl (C=O) groups excluding carboxylic acids is 2.